The number of H-pyrrole nitrogens is 1. The number of benzene rings is 2. The van der Waals surface area contributed by atoms with Crippen molar-refractivity contribution >= 4 is 22.7 Å². The molecule has 1 fully saturated rings. The molecule has 6 heteroatoms. The van der Waals surface area contributed by atoms with Gasteiger partial charge in [0.05, 0.1) is 0 Å². The molecule has 2 aromatic carbocycles. The van der Waals surface area contributed by atoms with E-state index in [1.54, 1.807) is 4.90 Å². The number of aromatic nitrogens is 1. The van der Waals surface area contributed by atoms with Crippen LogP contribution in [0, 0.1) is 0 Å². The lowest BCUT2D eigenvalue weighted by atomic mass is 10.1. The molecule has 0 bridgehead atoms. The number of nitrogens with zero attached hydrogens (tertiary/aromatic N) is 2. The number of aryl methyl sites for hydroxylation is 1. The Morgan fingerprint density at radius 3 is 2.28 bits per heavy atom. The second-order valence-electron chi connectivity index (χ2n) is 7.22. The normalized spacial score (nSPS) is 14.2. The summed E-state index contributed by atoms with van der Waals surface area (Å²) in [5.41, 5.74) is 2.26. The fourth-order valence-electron chi connectivity index (χ4n) is 3.70. The molecule has 3 aromatic rings. The third kappa shape index (κ3) is 4.59. The number of nitrogens with one attached hydrogen (secondary N) is 1. The zero-order valence-electron chi connectivity index (χ0n) is 16.3. The summed E-state index contributed by atoms with van der Waals surface area (Å²) in [7, 11) is 0. The van der Waals surface area contributed by atoms with Crippen LogP contribution in [0.3, 0.4) is 0 Å². The Hall–Kier alpha value is -3.28. The van der Waals surface area contributed by atoms with Crippen LogP contribution in [0.4, 0.5) is 0 Å². The number of hydrogen-bond acceptors (Lipinski definition) is 3. The molecule has 1 aliphatic rings. The number of carbonyl (C=O) groups excluding carboxylic acids is 2. The molecule has 1 saturated heterocycles. The van der Waals surface area contributed by atoms with E-state index in [-0.39, 0.29) is 18.4 Å². The molecular weight excluding hydrogens is 366 g/mol. The fourth-order valence-corrected chi connectivity index (χ4v) is 3.70. The van der Waals surface area contributed by atoms with E-state index in [4.69, 9.17) is 4.74 Å². The minimum Gasteiger partial charge on any atom is -0.484 e. The smallest absolute Gasteiger partial charge is 0.260 e. The van der Waals surface area contributed by atoms with Crippen molar-refractivity contribution in [2.24, 2.45) is 0 Å². The van der Waals surface area contributed by atoms with Gasteiger partial charge in [-0.3, -0.25) is 9.59 Å². The number of aromatic amines is 1. The molecule has 1 N–H and O–H groups in total. The Balaban J connectivity index is 1.22. The maximum atomic E-state index is 12.6. The summed E-state index contributed by atoms with van der Waals surface area (Å²) >= 11 is 0. The first kappa shape index (κ1) is 19.1. The minimum atomic E-state index is -0.0419. The Morgan fingerprint density at radius 2 is 1.52 bits per heavy atom. The summed E-state index contributed by atoms with van der Waals surface area (Å²) in [6, 6.07) is 17.4. The summed E-state index contributed by atoms with van der Waals surface area (Å²) < 4.78 is 5.54. The highest BCUT2D eigenvalue weighted by atomic mass is 16.5. The first-order chi connectivity index (χ1) is 14.2. The highest BCUT2D eigenvalue weighted by Crippen LogP contribution is 2.19. The van der Waals surface area contributed by atoms with E-state index in [1.165, 1.54) is 10.9 Å². The second-order valence-corrected chi connectivity index (χ2v) is 7.22. The summed E-state index contributed by atoms with van der Waals surface area (Å²) in [5, 5.41) is 1.18. The van der Waals surface area contributed by atoms with Gasteiger partial charge in [0, 0.05) is 49.7 Å². The number of hydrogen-bond donors (Lipinski definition) is 1. The van der Waals surface area contributed by atoms with Gasteiger partial charge in [0.1, 0.15) is 5.75 Å². The van der Waals surface area contributed by atoms with Gasteiger partial charge in [-0.1, -0.05) is 36.4 Å². The van der Waals surface area contributed by atoms with E-state index in [0.717, 1.165) is 5.52 Å². The lowest BCUT2D eigenvalue weighted by Gasteiger charge is -2.34. The largest absolute Gasteiger partial charge is 0.484 e. The minimum absolute atomic E-state index is 0.0263. The number of ether oxygens (including phenoxy) is 1. The lowest BCUT2D eigenvalue weighted by Crippen LogP contribution is -2.51. The third-order valence-electron chi connectivity index (χ3n) is 5.37. The van der Waals surface area contributed by atoms with Gasteiger partial charge in [-0.2, -0.15) is 0 Å². The number of para-hydroxylation sites is 2. The van der Waals surface area contributed by atoms with Crippen LogP contribution in [0.2, 0.25) is 0 Å². The molecule has 2 amide bonds. The SMILES string of the molecule is O=C(CCc1c[nH]c2ccccc12)N1CCN(C(=O)COc2ccccc2)CC1. The first-order valence-corrected chi connectivity index (χ1v) is 9.99. The summed E-state index contributed by atoms with van der Waals surface area (Å²) in [6.07, 6.45) is 3.18. The molecule has 0 spiro atoms. The molecule has 0 saturated carbocycles. The van der Waals surface area contributed by atoms with Gasteiger partial charge in [-0.15, -0.1) is 0 Å². The molecule has 6 nitrogen and oxygen atoms in total. The fraction of sp³-hybridized carbons (Fsp3) is 0.304. The molecule has 0 atom stereocenters. The van der Waals surface area contributed by atoms with Crippen molar-refractivity contribution < 1.29 is 14.3 Å². The van der Waals surface area contributed by atoms with E-state index < -0.39 is 0 Å². The molecule has 150 valence electrons. The maximum Gasteiger partial charge on any atom is 0.260 e. The number of rotatable bonds is 6. The van der Waals surface area contributed by atoms with Crippen LogP contribution in [-0.2, 0) is 16.0 Å². The van der Waals surface area contributed by atoms with Gasteiger partial charge in [0.2, 0.25) is 5.91 Å². The Bertz CT molecular complexity index is 975. The summed E-state index contributed by atoms with van der Waals surface area (Å²) in [6.45, 7) is 2.28. The van der Waals surface area contributed by atoms with Gasteiger partial charge in [0.25, 0.3) is 5.91 Å². The van der Waals surface area contributed by atoms with Crippen LogP contribution in [0.5, 0.6) is 5.75 Å². The average molecular weight is 391 g/mol. The first-order valence-electron chi connectivity index (χ1n) is 9.99. The predicted molar refractivity (Wildman–Crippen MR) is 112 cm³/mol. The van der Waals surface area contributed by atoms with E-state index in [0.29, 0.717) is 44.8 Å². The number of carbonyl (C=O) groups is 2. The monoisotopic (exact) mass is 391 g/mol. The van der Waals surface area contributed by atoms with Gasteiger partial charge >= 0.3 is 0 Å². The molecule has 1 aliphatic heterocycles. The second kappa shape index (κ2) is 8.82. The Morgan fingerprint density at radius 1 is 0.862 bits per heavy atom. The van der Waals surface area contributed by atoms with E-state index in [2.05, 4.69) is 11.1 Å². The van der Waals surface area contributed by atoms with Gasteiger partial charge in [-0.25, -0.2) is 0 Å². The molecule has 1 aromatic heterocycles. The van der Waals surface area contributed by atoms with E-state index in [9.17, 15) is 9.59 Å². The molecular formula is C23H25N3O3. The van der Waals surface area contributed by atoms with Crippen molar-refractivity contribution in [1.29, 1.82) is 0 Å². The quantitative estimate of drug-likeness (QED) is 0.703. The van der Waals surface area contributed by atoms with Crippen LogP contribution in [-0.4, -0.2) is 59.4 Å². The van der Waals surface area contributed by atoms with Gasteiger partial charge in [0.15, 0.2) is 6.61 Å². The lowest BCUT2D eigenvalue weighted by molar-refractivity contribution is -0.140. The zero-order chi connectivity index (χ0) is 20.1. The molecule has 29 heavy (non-hydrogen) atoms. The molecule has 0 unspecified atom stereocenters. The topological polar surface area (TPSA) is 65.6 Å². The zero-order valence-corrected chi connectivity index (χ0v) is 16.3. The van der Waals surface area contributed by atoms with Gasteiger partial charge in [-0.05, 0) is 30.2 Å². The maximum absolute atomic E-state index is 12.6. The summed E-state index contributed by atoms with van der Waals surface area (Å²) in [5.74, 6) is 0.787. The highest BCUT2D eigenvalue weighted by Gasteiger charge is 2.24. The van der Waals surface area contributed by atoms with E-state index >= 15 is 0 Å². The molecule has 4 rings (SSSR count). The molecule has 0 radical (unpaired) electrons. The highest BCUT2D eigenvalue weighted by molar-refractivity contribution is 5.84. The van der Waals surface area contributed by atoms with Crippen molar-refractivity contribution in [3.63, 3.8) is 0 Å². The average Bonchev–Trinajstić information content (AvgIpc) is 3.20. The van der Waals surface area contributed by atoms with Crippen LogP contribution in [0.1, 0.15) is 12.0 Å². The van der Waals surface area contributed by atoms with Crippen molar-refractivity contribution in [3.8, 4) is 5.75 Å². The van der Waals surface area contributed by atoms with Crippen LogP contribution in [0.15, 0.2) is 60.8 Å². The van der Waals surface area contributed by atoms with Gasteiger partial charge < -0.3 is 19.5 Å². The number of fused-ring (bicyclic) bond motifs is 1. The Kier molecular flexibility index (Phi) is 5.79. The predicted octanol–water partition coefficient (Wildman–Crippen LogP) is 2.85. The van der Waals surface area contributed by atoms with Crippen molar-refractivity contribution in [2.75, 3.05) is 32.8 Å². The summed E-state index contributed by atoms with van der Waals surface area (Å²) in [4.78, 5) is 31.8. The molecule has 2 heterocycles. The van der Waals surface area contributed by atoms with Crippen molar-refractivity contribution in [2.45, 2.75) is 12.8 Å². The van der Waals surface area contributed by atoms with Crippen LogP contribution in [0.25, 0.3) is 10.9 Å². The number of piperazine rings is 1. The van der Waals surface area contributed by atoms with Crippen LogP contribution >= 0.6 is 0 Å². The Labute approximate surface area is 170 Å². The van der Waals surface area contributed by atoms with E-state index in [1.807, 2.05) is 59.6 Å². The third-order valence-corrected chi connectivity index (χ3v) is 5.37. The number of amides is 2. The van der Waals surface area contributed by atoms with Crippen LogP contribution < -0.4 is 4.74 Å². The van der Waals surface area contributed by atoms with Crippen molar-refractivity contribution in [1.82, 2.24) is 14.8 Å². The molecule has 0 aliphatic carbocycles. The van der Waals surface area contributed by atoms with Crippen molar-refractivity contribution in [3.05, 3.63) is 66.4 Å². The standard InChI is InChI=1S/C23H25N3O3/c27-22(11-10-18-16-24-21-9-5-4-8-20(18)21)25-12-14-26(15-13-25)23(28)17-29-19-6-2-1-3-7-19/h1-9,16,24H,10-15,17H2.